The Morgan fingerprint density at radius 1 is 1.50 bits per heavy atom. The maximum atomic E-state index is 8.35. The minimum Gasteiger partial charge on any atom is -0.312 e. The van der Waals surface area contributed by atoms with Crippen LogP contribution in [-0.4, -0.2) is 6.54 Å². The fourth-order valence-corrected chi connectivity index (χ4v) is 1.55. The van der Waals surface area contributed by atoms with E-state index in [2.05, 4.69) is 52.4 Å². The molecular weight excluding hydrogens is 240 g/mol. The Kier molecular flexibility index (Phi) is 4.64. The highest BCUT2D eigenvalue weighted by atomic mass is 79.9. The zero-order chi connectivity index (χ0) is 10.4. The number of aryl methyl sites for hydroxylation is 1. The molecule has 0 aliphatic carbocycles. The SMILES string of the molecule is Cc1ccc(CNCCC#N)cc1Br. The number of hydrogen-bond donors (Lipinski definition) is 1. The predicted molar refractivity (Wildman–Crippen MR) is 60.8 cm³/mol. The summed E-state index contributed by atoms with van der Waals surface area (Å²) in [6.45, 7) is 3.64. The molecule has 1 N–H and O–H groups in total. The lowest BCUT2D eigenvalue weighted by Crippen LogP contribution is -2.14. The molecule has 0 aliphatic rings. The summed E-state index contributed by atoms with van der Waals surface area (Å²) < 4.78 is 1.14. The number of rotatable bonds is 4. The van der Waals surface area contributed by atoms with E-state index in [0.29, 0.717) is 6.42 Å². The molecule has 0 amide bonds. The lowest BCUT2D eigenvalue weighted by atomic mass is 10.1. The highest BCUT2D eigenvalue weighted by molar-refractivity contribution is 9.10. The molecule has 0 spiro atoms. The van der Waals surface area contributed by atoms with Crippen LogP contribution in [0.2, 0.25) is 0 Å². The first kappa shape index (κ1) is 11.2. The summed E-state index contributed by atoms with van der Waals surface area (Å²) in [7, 11) is 0. The molecule has 1 aromatic rings. The lowest BCUT2D eigenvalue weighted by molar-refractivity contribution is 0.698. The second kappa shape index (κ2) is 5.79. The smallest absolute Gasteiger partial charge is 0.0635 e. The van der Waals surface area contributed by atoms with E-state index in [1.165, 1.54) is 11.1 Å². The molecule has 0 heterocycles. The highest BCUT2D eigenvalue weighted by Gasteiger charge is 1.96. The van der Waals surface area contributed by atoms with Crippen molar-refractivity contribution in [3.63, 3.8) is 0 Å². The fourth-order valence-electron chi connectivity index (χ4n) is 1.12. The Labute approximate surface area is 93.1 Å². The summed E-state index contributed by atoms with van der Waals surface area (Å²) in [4.78, 5) is 0. The van der Waals surface area contributed by atoms with Crippen LogP contribution in [-0.2, 0) is 6.54 Å². The van der Waals surface area contributed by atoms with Crippen LogP contribution in [0.15, 0.2) is 22.7 Å². The van der Waals surface area contributed by atoms with Gasteiger partial charge in [-0.05, 0) is 24.1 Å². The molecule has 0 aromatic heterocycles. The predicted octanol–water partition coefficient (Wildman–Crippen LogP) is 2.76. The summed E-state index contributed by atoms with van der Waals surface area (Å²) in [5, 5.41) is 11.6. The van der Waals surface area contributed by atoms with Gasteiger partial charge in [0.25, 0.3) is 0 Å². The third kappa shape index (κ3) is 3.49. The van der Waals surface area contributed by atoms with Gasteiger partial charge in [0, 0.05) is 24.0 Å². The van der Waals surface area contributed by atoms with Crippen molar-refractivity contribution in [3.05, 3.63) is 33.8 Å². The molecule has 0 aliphatic heterocycles. The Balaban J connectivity index is 2.44. The summed E-state index contributed by atoms with van der Waals surface area (Å²) in [6.07, 6.45) is 0.563. The molecule has 3 heteroatoms. The van der Waals surface area contributed by atoms with E-state index in [9.17, 15) is 0 Å². The number of benzene rings is 1. The molecule has 1 rings (SSSR count). The van der Waals surface area contributed by atoms with Crippen LogP contribution in [0.1, 0.15) is 17.5 Å². The summed E-state index contributed by atoms with van der Waals surface area (Å²) in [5.74, 6) is 0. The van der Waals surface area contributed by atoms with Crippen molar-refractivity contribution >= 4 is 15.9 Å². The van der Waals surface area contributed by atoms with Crippen LogP contribution in [0.5, 0.6) is 0 Å². The topological polar surface area (TPSA) is 35.8 Å². The van der Waals surface area contributed by atoms with Gasteiger partial charge < -0.3 is 5.32 Å². The van der Waals surface area contributed by atoms with Crippen molar-refractivity contribution in [1.82, 2.24) is 5.32 Å². The monoisotopic (exact) mass is 252 g/mol. The quantitative estimate of drug-likeness (QED) is 0.837. The number of nitriles is 1. The third-order valence-electron chi connectivity index (χ3n) is 1.98. The van der Waals surface area contributed by atoms with Gasteiger partial charge in [0.15, 0.2) is 0 Å². The van der Waals surface area contributed by atoms with Crippen LogP contribution in [0.4, 0.5) is 0 Å². The maximum absolute atomic E-state index is 8.35. The summed E-state index contributed by atoms with van der Waals surface area (Å²) >= 11 is 3.49. The van der Waals surface area contributed by atoms with Crippen LogP contribution in [0.3, 0.4) is 0 Å². The molecule has 0 fully saturated rings. The fraction of sp³-hybridized carbons (Fsp3) is 0.364. The van der Waals surface area contributed by atoms with Gasteiger partial charge >= 0.3 is 0 Å². The minimum atomic E-state index is 0.563. The Bertz CT molecular complexity index is 342. The normalized spacial score (nSPS) is 9.79. The van der Waals surface area contributed by atoms with Crippen molar-refractivity contribution in [3.8, 4) is 6.07 Å². The van der Waals surface area contributed by atoms with E-state index in [1.54, 1.807) is 0 Å². The lowest BCUT2D eigenvalue weighted by Gasteiger charge is -2.04. The molecule has 0 saturated heterocycles. The van der Waals surface area contributed by atoms with Crippen molar-refractivity contribution in [2.24, 2.45) is 0 Å². The molecule has 74 valence electrons. The van der Waals surface area contributed by atoms with Gasteiger partial charge in [0.2, 0.25) is 0 Å². The zero-order valence-electron chi connectivity index (χ0n) is 8.18. The minimum absolute atomic E-state index is 0.563. The maximum Gasteiger partial charge on any atom is 0.0635 e. The van der Waals surface area contributed by atoms with Crippen molar-refractivity contribution in [1.29, 1.82) is 5.26 Å². The van der Waals surface area contributed by atoms with Gasteiger partial charge in [-0.3, -0.25) is 0 Å². The average Bonchev–Trinajstić information content (AvgIpc) is 2.18. The first-order valence-corrected chi connectivity index (χ1v) is 5.36. The highest BCUT2D eigenvalue weighted by Crippen LogP contribution is 2.17. The van der Waals surface area contributed by atoms with E-state index in [1.807, 2.05) is 0 Å². The van der Waals surface area contributed by atoms with Gasteiger partial charge in [-0.15, -0.1) is 0 Å². The van der Waals surface area contributed by atoms with Gasteiger partial charge in [-0.1, -0.05) is 28.1 Å². The largest absolute Gasteiger partial charge is 0.312 e. The molecule has 0 atom stereocenters. The van der Waals surface area contributed by atoms with E-state index in [4.69, 9.17) is 5.26 Å². The van der Waals surface area contributed by atoms with Gasteiger partial charge in [0.1, 0.15) is 0 Å². The number of halogens is 1. The molecule has 1 aromatic carbocycles. The second-order valence-corrected chi connectivity index (χ2v) is 4.02. The standard InChI is InChI=1S/C11H13BrN2/c1-9-3-4-10(7-11(9)12)8-14-6-2-5-13/h3-4,7,14H,2,6,8H2,1H3. The van der Waals surface area contributed by atoms with E-state index in [0.717, 1.165) is 17.6 Å². The van der Waals surface area contributed by atoms with Crippen molar-refractivity contribution < 1.29 is 0 Å². The molecule has 0 radical (unpaired) electrons. The zero-order valence-corrected chi connectivity index (χ0v) is 9.76. The Hall–Kier alpha value is -0.850. The molecule has 14 heavy (non-hydrogen) atoms. The summed E-state index contributed by atoms with van der Waals surface area (Å²) in [5.41, 5.74) is 2.48. The van der Waals surface area contributed by atoms with Gasteiger partial charge in [-0.25, -0.2) is 0 Å². The Morgan fingerprint density at radius 3 is 2.93 bits per heavy atom. The van der Waals surface area contributed by atoms with Gasteiger partial charge in [0.05, 0.1) is 6.07 Å². The molecule has 2 nitrogen and oxygen atoms in total. The van der Waals surface area contributed by atoms with E-state index in [-0.39, 0.29) is 0 Å². The van der Waals surface area contributed by atoms with Crippen LogP contribution >= 0.6 is 15.9 Å². The summed E-state index contributed by atoms with van der Waals surface area (Å²) in [6, 6.07) is 8.39. The number of nitrogens with zero attached hydrogens (tertiary/aromatic N) is 1. The average molecular weight is 253 g/mol. The first-order chi connectivity index (χ1) is 6.74. The molecular formula is C11H13BrN2. The van der Waals surface area contributed by atoms with Crippen LogP contribution in [0, 0.1) is 18.3 Å². The van der Waals surface area contributed by atoms with Crippen molar-refractivity contribution in [2.45, 2.75) is 19.9 Å². The molecule has 0 bridgehead atoms. The molecule has 0 saturated carbocycles. The van der Waals surface area contributed by atoms with E-state index >= 15 is 0 Å². The van der Waals surface area contributed by atoms with Gasteiger partial charge in [-0.2, -0.15) is 5.26 Å². The molecule has 0 unspecified atom stereocenters. The Morgan fingerprint density at radius 2 is 2.29 bits per heavy atom. The number of nitrogens with one attached hydrogen (secondary N) is 1. The number of hydrogen-bond acceptors (Lipinski definition) is 2. The van der Waals surface area contributed by atoms with Crippen LogP contribution in [0.25, 0.3) is 0 Å². The third-order valence-corrected chi connectivity index (χ3v) is 2.83. The van der Waals surface area contributed by atoms with E-state index < -0.39 is 0 Å². The van der Waals surface area contributed by atoms with Crippen molar-refractivity contribution in [2.75, 3.05) is 6.54 Å². The second-order valence-electron chi connectivity index (χ2n) is 3.17. The van der Waals surface area contributed by atoms with Crippen LogP contribution < -0.4 is 5.32 Å². The first-order valence-electron chi connectivity index (χ1n) is 4.56.